The SMILES string of the molecule is CN(C)C(=O)O/N=C(/c1ccc2c(c1)OC(C)(C)CC2)n1cncn1. The van der Waals surface area contributed by atoms with Crippen LogP contribution in [0.4, 0.5) is 4.79 Å². The number of aromatic nitrogens is 3. The molecule has 1 aromatic heterocycles. The minimum absolute atomic E-state index is 0.215. The number of benzene rings is 1. The third-order valence-electron chi connectivity index (χ3n) is 3.92. The Morgan fingerprint density at radius 1 is 1.40 bits per heavy atom. The molecule has 2 aromatic rings. The van der Waals surface area contributed by atoms with Gasteiger partial charge in [0.25, 0.3) is 0 Å². The van der Waals surface area contributed by atoms with Crippen molar-refractivity contribution < 1.29 is 14.4 Å². The van der Waals surface area contributed by atoms with Gasteiger partial charge in [0.05, 0.1) is 0 Å². The molecule has 0 saturated carbocycles. The zero-order valence-electron chi connectivity index (χ0n) is 14.8. The molecule has 1 amide bonds. The van der Waals surface area contributed by atoms with Crippen molar-refractivity contribution >= 4 is 11.9 Å². The highest BCUT2D eigenvalue weighted by molar-refractivity contribution is 6.00. The summed E-state index contributed by atoms with van der Waals surface area (Å²) in [5.74, 6) is 1.16. The lowest BCUT2D eigenvalue weighted by molar-refractivity contribution is 0.0847. The van der Waals surface area contributed by atoms with Gasteiger partial charge in [-0.1, -0.05) is 17.3 Å². The van der Waals surface area contributed by atoms with Crippen LogP contribution in [0.15, 0.2) is 36.0 Å². The standard InChI is InChI=1S/C17H21N5O3/c1-17(2)8-7-12-5-6-13(9-14(12)24-17)15(22-11-18-10-19-22)20-25-16(23)21(3)4/h5-6,9-11H,7-8H2,1-4H3/b20-15-. The van der Waals surface area contributed by atoms with E-state index >= 15 is 0 Å². The van der Waals surface area contributed by atoms with Crippen LogP contribution in [0.3, 0.4) is 0 Å². The number of carbonyl (C=O) groups is 1. The van der Waals surface area contributed by atoms with E-state index in [9.17, 15) is 4.79 Å². The summed E-state index contributed by atoms with van der Waals surface area (Å²) in [7, 11) is 3.17. The van der Waals surface area contributed by atoms with Crippen LogP contribution in [0.1, 0.15) is 31.4 Å². The molecule has 25 heavy (non-hydrogen) atoms. The van der Waals surface area contributed by atoms with Gasteiger partial charge in [-0.15, -0.1) is 0 Å². The molecular weight excluding hydrogens is 322 g/mol. The highest BCUT2D eigenvalue weighted by atomic mass is 16.7. The third kappa shape index (κ3) is 3.78. The van der Waals surface area contributed by atoms with Crippen molar-refractivity contribution in [1.29, 1.82) is 0 Å². The smallest absolute Gasteiger partial charge is 0.435 e. The molecule has 8 nitrogen and oxygen atoms in total. The molecule has 3 rings (SSSR count). The van der Waals surface area contributed by atoms with Gasteiger partial charge in [0.15, 0.2) is 0 Å². The summed E-state index contributed by atoms with van der Waals surface area (Å²) in [6.07, 6.45) is 4.22. The number of rotatable bonds is 2. The van der Waals surface area contributed by atoms with E-state index in [1.165, 1.54) is 22.2 Å². The maximum atomic E-state index is 11.7. The van der Waals surface area contributed by atoms with Crippen molar-refractivity contribution in [3.05, 3.63) is 42.0 Å². The van der Waals surface area contributed by atoms with Crippen molar-refractivity contribution in [2.24, 2.45) is 5.16 Å². The van der Waals surface area contributed by atoms with Crippen LogP contribution in [0.5, 0.6) is 5.75 Å². The second kappa shape index (κ2) is 6.54. The Hall–Kier alpha value is -2.90. The van der Waals surface area contributed by atoms with Crippen molar-refractivity contribution in [2.75, 3.05) is 14.1 Å². The topological polar surface area (TPSA) is 81.8 Å². The van der Waals surface area contributed by atoms with Crippen LogP contribution >= 0.6 is 0 Å². The number of fused-ring (bicyclic) bond motifs is 1. The molecular formula is C17H21N5O3. The van der Waals surface area contributed by atoms with Gasteiger partial charge in [0.2, 0.25) is 5.84 Å². The van der Waals surface area contributed by atoms with Gasteiger partial charge in [0, 0.05) is 19.7 Å². The second-order valence-corrected chi connectivity index (χ2v) is 6.69. The quantitative estimate of drug-likeness (QED) is 0.362. The molecule has 0 saturated heterocycles. The molecule has 0 bridgehead atoms. The Labute approximate surface area is 146 Å². The minimum Gasteiger partial charge on any atom is -0.488 e. The van der Waals surface area contributed by atoms with E-state index in [-0.39, 0.29) is 5.60 Å². The van der Waals surface area contributed by atoms with E-state index < -0.39 is 6.09 Å². The average molecular weight is 343 g/mol. The van der Waals surface area contributed by atoms with E-state index in [1.807, 2.05) is 18.2 Å². The van der Waals surface area contributed by atoms with Gasteiger partial charge in [-0.05, 0) is 38.3 Å². The summed E-state index contributed by atoms with van der Waals surface area (Å²) in [5, 5.41) is 8.06. The normalized spacial score (nSPS) is 15.9. The van der Waals surface area contributed by atoms with Gasteiger partial charge < -0.3 is 9.64 Å². The summed E-state index contributed by atoms with van der Waals surface area (Å²) in [4.78, 5) is 21.9. The number of hydrogen-bond acceptors (Lipinski definition) is 6. The summed E-state index contributed by atoms with van der Waals surface area (Å²) in [6.45, 7) is 4.13. The first-order chi connectivity index (χ1) is 11.9. The van der Waals surface area contributed by atoms with Crippen molar-refractivity contribution in [1.82, 2.24) is 19.7 Å². The zero-order valence-corrected chi connectivity index (χ0v) is 14.8. The highest BCUT2D eigenvalue weighted by Crippen LogP contribution is 2.33. The highest BCUT2D eigenvalue weighted by Gasteiger charge is 2.27. The maximum Gasteiger partial charge on any atom is 0.435 e. The summed E-state index contributed by atoms with van der Waals surface area (Å²) in [6, 6.07) is 5.80. The number of amides is 1. The van der Waals surface area contributed by atoms with Gasteiger partial charge in [-0.2, -0.15) is 9.78 Å². The van der Waals surface area contributed by atoms with Crippen LogP contribution < -0.4 is 4.74 Å². The first kappa shape index (κ1) is 16.9. The van der Waals surface area contributed by atoms with Crippen molar-refractivity contribution in [3.63, 3.8) is 0 Å². The number of ether oxygens (including phenoxy) is 1. The van der Waals surface area contributed by atoms with Gasteiger partial charge in [-0.25, -0.2) is 9.78 Å². The van der Waals surface area contributed by atoms with E-state index in [4.69, 9.17) is 9.57 Å². The van der Waals surface area contributed by atoms with Crippen LogP contribution in [-0.2, 0) is 11.3 Å². The summed E-state index contributed by atoms with van der Waals surface area (Å²) < 4.78 is 7.52. The monoisotopic (exact) mass is 343 g/mol. The number of hydrogen-bond donors (Lipinski definition) is 0. The maximum absolute atomic E-state index is 11.7. The first-order valence-electron chi connectivity index (χ1n) is 7.99. The number of oxime groups is 1. The number of carbonyl (C=O) groups excluding carboxylic acids is 1. The lowest BCUT2D eigenvalue weighted by Gasteiger charge is -2.32. The van der Waals surface area contributed by atoms with Crippen LogP contribution in [0.2, 0.25) is 0 Å². The largest absolute Gasteiger partial charge is 0.488 e. The summed E-state index contributed by atoms with van der Waals surface area (Å²) in [5.41, 5.74) is 1.65. The van der Waals surface area contributed by atoms with Crippen LogP contribution in [-0.4, -0.2) is 51.3 Å². The van der Waals surface area contributed by atoms with E-state index in [0.717, 1.165) is 24.2 Å². The predicted molar refractivity (Wildman–Crippen MR) is 91.6 cm³/mol. The molecule has 0 radical (unpaired) electrons. The van der Waals surface area contributed by atoms with Crippen molar-refractivity contribution in [3.8, 4) is 5.75 Å². The Morgan fingerprint density at radius 2 is 2.20 bits per heavy atom. The molecule has 1 aliphatic heterocycles. The molecule has 0 unspecified atom stereocenters. The average Bonchev–Trinajstić information content (AvgIpc) is 3.07. The minimum atomic E-state index is -0.576. The fraction of sp³-hybridized carbons (Fsp3) is 0.412. The molecule has 8 heteroatoms. The zero-order chi connectivity index (χ0) is 18.0. The van der Waals surface area contributed by atoms with Gasteiger partial charge in [0.1, 0.15) is 24.0 Å². The van der Waals surface area contributed by atoms with Gasteiger partial charge in [-0.3, -0.25) is 4.84 Å². The predicted octanol–water partition coefficient (Wildman–Crippen LogP) is 2.29. The summed E-state index contributed by atoms with van der Waals surface area (Å²) >= 11 is 0. The Kier molecular flexibility index (Phi) is 4.43. The van der Waals surface area contributed by atoms with E-state index in [1.54, 1.807) is 14.1 Å². The Bertz CT molecular complexity index is 797. The second-order valence-electron chi connectivity index (χ2n) is 6.69. The molecule has 0 N–H and O–H groups in total. The van der Waals surface area contributed by atoms with E-state index in [2.05, 4.69) is 29.1 Å². The molecule has 0 spiro atoms. The molecule has 132 valence electrons. The van der Waals surface area contributed by atoms with Gasteiger partial charge >= 0.3 is 6.09 Å². The Morgan fingerprint density at radius 3 is 2.88 bits per heavy atom. The first-order valence-corrected chi connectivity index (χ1v) is 7.99. The van der Waals surface area contributed by atoms with E-state index in [0.29, 0.717) is 11.4 Å². The number of nitrogens with zero attached hydrogens (tertiary/aromatic N) is 5. The third-order valence-corrected chi connectivity index (χ3v) is 3.92. The fourth-order valence-electron chi connectivity index (χ4n) is 2.49. The van der Waals surface area contributed by atoms with Crippen LogP contribution in [0.25, 0.3) is 0 Å². The molecule has 1 aliphatic rings. The molecule has 2 heterocycles. The van der Waals surface area contributed by atoms with Crippen molar-refractivity contribution in [2.45, 2.75) is 32.3 Å². The molecule has 0 fully saturated rings. The lowest BCUT2D eigenvalue weighted by Crippen LogP contribution is -2.32. The number of aryl methyl sites for hydroxylation is 1. The molecule has 0 aliphatic carbocycles. The molecule has 0 atom stereocenters. The molecule has 1 aromatic carbocycles. The fourth-order valence-corrected chi connectivity index (χ4v) is 2.49. The lowest BCUT2D eigenvalue weighted by atomic mass is 9.93. The Balaban J connectivity index is 1.97. The van der Waals surface area contributed by atoms with Crippen LogP contribution in [0, 0.1) is 0 Å².